The average Bonchev–Trinajstić information content (AvgIpc) is 2.69. The fourth-order valence-electron chi connectivity index (χ4n) is 3.06. The fraction of sp³-hybridized carbons (Fsp3) is 0.438. The van der Waals surface area contributed by atoms with Gasteiger partial charge in [0.05, 0.1) is 17.1 Å². The SMILES string of the molecule is Cc1oc2ccccc2c1C(=O)N1CCS(=O)(=O)CC(C)C1. The normalized spacial score (nSPS) is 21.7. The van der Waals surface area contributed by atoms with Gasteiger partial charge < -0.3 is 9.32 Å². The van der Waals surface area contributed by atoms with Crippen LogP contribution in [0.5, 0.6) is 0 Å². The molecule has 0 aliphatic carbocycles. The molecular weight excluding hydrogens is 302 g/mol. The third-order valence-corrected chi connectivity index (χ3v) is 5.90. The van der Waals surface area contributed by atoms with E-state index in [0.29, 0.717) is 23.5 Å². The minimum absolute atomic E-state index is 0.0257. The molecule has 1 aromatic carbocycles. The molecule has 22 heavy (non-hydrogen) atoms. The molecule has 0 spiro atoms. The number of carbonyl (C=O) groups is 1. The van der Waals surface area contributed by atoms with Gasteiger partial charge in [-0.3, -0.25) is 4.79 Å². The van der Waals surface area contributed by atoms with Crippen molar-refractivity contribution in [3.8, 4) is 0 Å². The Bertz CT molecular complexity index is 822. The van der Waals surface area contributed by atoms with Crippen molar-refractivity contribution in [2.45, 2.75) is 13.8 Å². The number of amides is 1. The van der Waals surface area contributed by atoms with E-state index < -0.39 is 9.84 Å². The van der Waals surface area contributed by atoms with Crippen LogP contribution in [0, 0.1) is 12.8 Å². The molecule has 1 aliphatic heterocycles. The van der Waals surface area contributed by atoms with E-state index in [1.807, 2.05) is 31.2 Å². The highest BCUT2D eigenvalue weighted by Gasteiger charge is 2.29. The van der Waals surface area contributed by atoms with E-state index in [4.69, 9.17) is 4.42 Å². The fourth-order valence-corrected chi connectivity index (χ4v) is 4.70. The van der Waals surface area contributed by atoms with E-state index in [2.05, 4.69) is 0 Å². The van der Waals surface area contributed by atoms with Gasteiger partial charge >= 0.3 is 0 Å². The van der Waals surface area contributed by atoms with Crippen LogP contribution in [-0.4, -0.2) is 43.8 Å². The predicted molar refractivity (Wildman–Crippen MR) is 84.7 cm³/mol. The van der Waals surface area contributed by atoms with E-state index in [0.717, 1.165) is 5.39 Å². The van der Waals surface area contributed by atoms with Crippen LogP contribution in [-0.2, 0) is 9.84 Å². The van der Waals surface area contributed by atoms with Crippen LogP contribution in [0.15, 0.2) is 28.7 Å². The first-order valence-corrected chi connectivity index (χ1v) is 9.17. The molecule has 1 atom stereocenters. The van der Waals surface area contributed by atoms with Gasteiger partial charge in [0.25, 0.3) is 5.91 Å². The predicted octanol–water partition coefficient (Wildman–Crippen LogP) is 2.25. The van der Waals surface area contributed by atoms with Gasteiger partial charge in [-0.05, 0) is 18.9 Å². The van der Waals surface area contributed by atoms with E-state index in [-0.39, 0.29) is 29.9 Å². The zero-order chi connectivity index (χ0) is 15.9. The van der Waals surface area contributed by atoms with Crippen molar-refractivity contribution >= 4 is 26.7 Å². The molecule has 2 aromatic rings. The minimum Gasteiger partial charge on any atom is -0.461 e. The van der Waals surface area contributed by atoms with Crippen LogP contribution < -0.4 is 0 Å². The first-order valence-electron chi connectivity index (χ1n) is 7.35. The number of hydrogen-bond acceptors (Lipinski definition) is 4. The summed E-state index contributed by atoms with van der Waals surface area (Å²) in [4.78, 5) is 14.5. The maximum atomic E-state index is 12.9. The highest BCUT2D eigenvalue weighted by Crippen LogP contribution is 2.27. The van der Waals surface area contributed by atoms with Crippen LogP contribution in [0.3, 0.4) is 0 Å². The lowest BCUT2D eigenvalue weighted by Gasteiger charge is -2.22. The third kappa shape index (κ3) is 2.75. The van der Waals surface area contributed by atoms with E-state index in [1.165, 1.54) is 0 Å². The summed E-state index contributed by atoms with van der Waals surface area (Å²) in [6.45, 7) is 4.33. The molecule has 1 unspecified atom stereocenters. The monoisotopic (exact) mass is 321 g/mol. The lowest BCUT2D eigenvalue weighted by Crippen LogP contribution is -2.35. The Morgan fingerprint density at radius 1 is 1.32 bits per heavy atom. The second-order valence-corrected chi connectivity index (χ2v) is 8.23. The van der Waals surface area contributed by atoms with E-state index in [1.54, 1.807) is 11.8 Å². The van der Waals surface area contributed by atoms with Gasteiger partial charge in [0.15, 0.2) is 9.84 Å². The first-order chi connectivity index (χ1) is 10.4. The number of fused-ring (bicyclic) bond motifs is 1. The molecule has 1 saturated heterocycles. The molecule has 1 fully saturated rings. The number of furan rings is 1. The quantitative estimate of drug-likeness (QED) is 0.808. The van der Waals surface area contributed by atoms with Crippen molar-refractivity contribution in [3.05, 3.63) is 35.6 Å². The standard InChI is InChI=1S/C16H19NO4S/c1-11-9-17(7-8-22(19,20)10-11)16(18)15-12(2)21-14-6-4-3-5-13(14)15/h3-6,11H,7-10H2,1-2H3. The number of sulfone groups is 1. The van der Waals surface area contributed by atoms with Crippen molar-refractivity contribution < 1.29 is 17.6 Å². The van der Waals surface area contributed by atoms with Crippen LogP contribution >= 0.6 is 0 Å². The lowest BCUT2D eigenvalue weighted by molar-refractivity contribution is 0.0751. The summed E-state index contributed by atoms with van der Waals surface area (Å²) < 4.78 is 29.4. The first kappa shape index (κ1) is 15.1. The maximum Gasteiger partial charge on any atom is 0.258 e. The smallest absolute Gasteiger partial charge is 0.258 e. The maximum absolute atomic E-state index is 12.9. The molecular formula is C16H19NO4S. The van der Waals surface area contributed by atoms with Crippen molar-refractivity contribution in [2.75, 3.05) is 24.6 Å². The van der Waals surface area contributed by atoms with Crippen molar-refractivity contribution in [1.82, 2.24) is 4.90 Å². The topological polar surface area (TPSA) is 67.6 Å². The second-order valence-electron chi connectivity index (χ2n) is 6.00. The van der Waals surface area contributed by atoms with E-state index >= 15 is 0 Å². The summed E-state index contributed by atoms with van der Waals surface area (Å²) in [6, 6.07) is 7.41. The number of hydrogen-bond donors (Lipinski definition) is 0. The Balaban J connectivity index is 1.97. The highest BCUT2D eigenvalue weighted by molar-refractivity contribution is 7.91. The van der Waals surface area contributed by atoms with Gasteiger partial charge in [-0.2, -0.15) is 0 Å². The molecule has 2 heterocycles. The van der Waals surface area contributed by atoms with Crippen molar-refractivity contribution in [2.24, 2.45) is 5.92 Å². The van der Waals surface area contributed by atoms with Gasteiger partial charge in [-0.1, -0.05) is 25.1 Å². The summed E-state index contributed by atoms with van der Waals surface area (Å²) >= 11 is 0. The van der Waals surface area contributed by atoms with Crippen molar-refractivity contribution in [1.29, 1.82) is 0 Å². The summed E-state index contributed by atoms with van der Waals surface area (Å²) in [5.74, 6) is 0.534. The van der Waals surface area contributed by atoms with Crippen molar-refractivity contribution in [3.63, 3.8) is 0 Å². The molecule has 3 rings (SSSR count). The molecule has 1 aromatic heterocycles. The van der Waals surface area contributed by atoms with Crippen LogP contribution in [0.4, 0.5) is 0 Å². The Hall–Kier alpha value is -1.82. The summed E-state index contributed by atoms with van der Waals surface area (Å²) in [6.07, 6.45) is 0. The highest BCUT2D eigenvalue weighted by atomic mass is 32.2. The van der Waals surface area contributed by atoms with Gasteiger partial charge in [0, 0.05) is 18.5 Å². The third-order valence-electron chi connectivity index (χ3n) is 4.02. The molecule has 0 N–H and O–H groups in total. The summed E-state index contributed by atoms with van der Waals surface area (Å²) in [5.41, 5.74) is 1.22. The molecule has 0 saturated carbocycles. The molecule has 5 nitrogen and oxygen atoms in total. The number of nitrogens with zero attached hydrogens (tertiary/aromatic N) is 1. The Morgan fingerprint density at radius 3 is 2.82 bits per heavy atom. The van der Waals surface area contributed by atoms with Crippen LogP contribution in [0.2, 0.25) is 0 Å². The summed E-state index contributed by atoms with van der Waals surface area (Å²) in [7, 11) is -3.07. The number of benzene rings is 1. The van der Waals surface area contributed by atoms with Gasteiger partial charge in [0.2, 0.25) is 0 Å². The number of carbonyl (C=O) groups excluding carboxylic acids is 1. The molecule has 118 valence electrons. The minimum atomic E-state index is -3.07. The Morgan fingerprint density at radius 2 is 2.05 bits per heavy atom. The number of aryl methyl sites for hydroxylation is 1. The van der Waals surface area contributed by atoms with Gasteiger partial charge in [-0.25, -0.2) is 8.42 Å². The number of para-hydroxylation sites is 1. The van der Waals surface area contributed by atoms with Gasteiger partial charge in [-0.15, -0.1) is 0 Å². The molecule has 0 radical (unpaired) electrons. The molecule has 6 heteroatoms. The van der Waals surface area contributed by atoms with Crippen LogP contribution in [0.1, 0.15) is 23.0 Å². The van der Waals surface area contributed by atoms with E-state index in [9.17, 15) is 13.2 Å². The Labute approximate surface area is 129 Å². The average molecular weight is 321 g/mol. The lowest BCUT2D eigenvalue weighted by atomic mass is 10.1. The molecule has 1 aliphatic rings. The van der Waals surface area contributed by atoms with Gasteiger partial charge in [0.1, 0.15) is 11.3 Å². The Kier molecular flexibility index (Phi) is 3.72. The molecule has 0 bridgehead atoms. The zero-order valence-electron chi connectivity index (χ0n) is 12.7. The largest absolute Gasteiger partial charge is 0.461 e. The van der Waals surface area contributed by atoms with Crippen LogP contribution in [0.25, 0.3) is 11.0 Å². The summed E-state index contributed by atoms with van der Waals surface area (Å²) in [5, 5.41) is 0.782. The molecule has 1 amide bonds. The zero-order valence-corrected chi connectivity index (χ0v) is 13.5. The second kappa shape index (κ2) is 5.43. The number of rotatable bonds is 1.